The summed E-state index contributed by atoms with van der Waals surface area (Å²) in [5.74, 6) is -5.69. The van der Waals surface area contributed by atoms with Gasteiger partial charge < -0.3 is 9.47 Å². The molecule has 2 amide bonds. The van der Waals surface area contributed by atoms with Crippen LogP contribution in [0.5, 0.6) is 5.75 Å². The van der Waals surface area contributed by atoms with Crippen LogP contribution in [0.4, 0.5) is 23.2 Å². The number of ketones is 1. The van der Waals surface area contributed by atoms with Crippen LogP contribution in [0.25, 0.3) is 0 Å². The summed E-state index contributed by atoms with van der Waals surface area (Å²) in [4.78, 5) is 54.7. The number of nitrogens with zero attached hydrogens (tertiary/aromatic N) is 1. The van der Waals surface area contributed by atoms with Gasteiger partial charge in [-0.15, -0.1) is 0 Å². The third kappa shape index (κ3) is 3.13. The first kappa shape index (κ1) is 24.3. The van der Waals surface area contributed by atoms with E-state index < -0.39 is 64.0 Å². The van der Waals surface area contributed by atoms with E-state index in [0.29, 0.717) is 0 Å². The number of allylic oxidation sites excluding steroid dienone is 1. The second kappa shape index (κ2) is 7.75. The highest BCUT2D eigenvalue weighted by atomic mass is 19.4. The maximum atomic E-state index is 14.0. The number of carbonyl (C=O) groups is 4. The van der Waals surface area contributed by atoms with Crippen LogP contribution < -0.4 is 9.64 Å². The lowest BCUT2D eigenvalue weighted by molar-refractivity contribution is -0.154. The standard InChI is InChI=1S/C27H19F4NO6/c1-37-19(33)12-25-8-9-26(17(11-25)22(34)16-10-14(28)4-7-18(16)38-26)21-20(25)23(35)32(24(21)36)15-5-2-13(3-6-15)27(29,30)31/h2-7,10-11,20-21H,8-9,12H2,1H3/t20-,21+,25+,26+/m0/s1. The van der Waals surface area contributed by atoms with Gasteiger partial charge in [0.05, 0.1) is 42.2 Å². The fraction of sp³-hybridized carbons (Fsp3) is 0.333. The fourth-order valence-electron chi connectivity index (χ4n) is 6.50. The highest BCUT2D eigenvalue weighted by Gasteiger charge is 2.73. The number of hydrogen-bond donors (Lipinski definition) is 0. The van der Waals surface area contributed by atoms with E-state index in [-0.39, 0.29) is 41.8 Å². The van der Waals surface area contributed by atoms with Gasteiger partial charge in [0.1, 0.15) is 17.2 Å². The normalized spacial score (nSPS) is 29.3. The molecule has 2 fully saturated rings. The fourth-order valence-corrected chi connectivity index (χ4v) is 6.50. The quantitative estimate of drug-likeness (QED) is 0.336. The lowest BCUT2D eigenvalue weighted by atomic mass is 9.48. The molecule has 2 bridgehead atoms. The smallest absolute Gasteiger partial charge is 0.416 e. The number of benzene rings is 2. The van der Waals surface area contributed by atoms with Crippen molar-refractivity contribution in [3.8, 4) is 5.75 Å². The molecular formula is C27H19F4NO6. The number of rotatable bonds is 3. The second-order valence-electron chi connectivity index (χ2n) is 10.0. The van der Waals surface area contributed by atoms with Crippen LogP contribution in [0.2, 0.25) is 0 Å². The third-order valence-corrected chi connectivity index (χ3v) is 8.15. The predicted molar refractivity (Wildman–Crippen MR) is 121 cm³/mol. The summed E-state index contributed by atoms with van der Waals surface area (Å²) < 4.78 is 64.4. The molecule has 2 heterocycles. The van der Waals surface area contributed by atoms with Gasteiger partial charge in [0.25, 0.3) is 0 Å². The van der Waals surface area contributed by atoms with Gasteiger partial charge in [-0.1, -0.05) is 6.08 Å². The van der Waals surface area contributed by atoms with Crippen molar-refractivity contribution in [3.05, 3.63) is 71.1 Å². The van der Waals surface area contributed by atoms with Crippen molar-refractivity contribution >= 4 is 29.3 Å². The Bertz CT molecular complexity index is 1460. The molecule has 0 unspecified atom stereocenters. The summed E-state index contributed by atoms with van der Waals surface area (Å²) in [5.41, 5.74) is -3.85. The van der Waals surface area contributed by atoms with Gasteiger partial charge in [0.2, 0.25) is 11.8 Å². The van der Waals surface area contributed by atoms with Crippen molar-refractivity contribution < 1.29 is 46.2 Å². The molecule has 2 aromatic rings. The molecule has 7 nitrogen and oxygen atoms in total. The number of anilines is 1. The van der Waals surface area contributed by atoms with Crippen LogP contribution in [0.1, 0.15) is 35.2 Å². The number of esters is 1. The minimum Gasteiger partial charge on any atom is -0.481 e. The van der Waals surface area contributed by atoms with Gasteiger partial charge in [-0.25, -0.2) is 9.29 Å². The Kier molecular flexibility index (Phi) is 4.96. The zero-order chi connectivity index (χ0) is 27.2. The zero-order valence-electron chi connectivity index (χ0n) is 19.8. The first-order valence-corrected chi connectivity index (χ1v) is 11.8. The molecule has 5 aliphatic rings. The van der Waals surface area contributed by atoms with Crippen LogP contribution in [0, 0.1) is 23.1 Å². The van der Waals surface area contributed by atoms with Crippen LogP contribution in [-0.4, -0.2) is 36.3 Å². The Morgan fingerprint density at radius 1 is 1.05 bits per heavy atom. The number of methoxy groups -OCH3 is 1. The highest BCUT2D eigenvalue weighted by molar-refractivity contribution is 6.25. The Hall–Kier alpha value is -4.02. The summed E-state index contributed by atoms with van der Waals surface area (Å²) in [6.45, 7) is 0. The number of fused-ring (bicyclic) bond motifs is 2. The lowest BCUT2D eigenvalue weighted by Gasteiger charge is -2.57. The monoisotopic (exact) mass is 529 g/mol. The summed E-state index contributed by atoms with van der Waals surface area (Å²) in [6, 6.07) is 7.01. The van der Waals surface area contributed by atoms with Gasteiger partial charge in [-0.3, -0.25) is 19.2 Å². The number of Topliss-reactive ketones (excluding diaryl/α,β-unsaturated/α-hetero) is 1. The number of halogens is 4. The number of alkyl halides is 3. The molecule has 1 saturated heterocycles. The second-order valence-corrected chi connectivity index (χ2v) is 10.0. The van der Waals surface area contributed by atoms with Crippen molar-refractivity contribution in [2.45, 2.75) is 31.0 Å². The molecule has 2 aliphatic heterocycles. The van der Waals surface area contributed by atoms with Crippen LogP contribution in [0.3, 0.4) is 0 Å². The number of carbonyl (C=O) groups excluding carboxylic acids is 4. The van der Waals surface area contributed by atoms with E-state index in [4.69, 9.17) is 9.47 Å². The largest absolute Gasteiger partial charge is 0.481 e. The Morgan fingerprint density at radius 3 is 2.39 bits per heavy atom. The molecule has 0 aromatic heterocycles. The molecule has 7 rings (SSSR count). The van der Waals surface area contributed by atoms with Crippen molar-refractivity contribution in [2.75, 3.05) is 12.0 Å². The van der Waals surface area contributed by atoms with Crippen molar-refractivity contribution in [3.63, 3.8) is 0 Å². The highest BCUT2D eigenvalue weighted by Crippen LogP contribution is 2.65. The third-order valence-electron chi connectivity index (χ3n) is 8.15. The van der Waals surface area contributed by atoms with Crippen molar-refractivity contribution in [2.24, 2.45) is 17.3 Å². The van der Waals surface area contributed by atoms with E-state index in [0.717, 1.165) is 41.3 Å². The number of ether oxygens (including phenoxy) is 2. The molecule has 38 heavy (non-hydrogen) atoms. The van der Waals surface area contributed by atoms with Gasteiger partial charge >= 0.3 is 12.1 Å². The molecule has 196 valence electrons. The molecule has 0 radical (unpaired) electrons. The van der Waals surface area contributed by atoms with E-state index in [1.807, 2.05) is 0 Å². The molecular weight excluding hydrogens is 510 g/mol. The summed E-state index contributed by atoms with van der Waals surface area (Å²) >= 11 is 0. The first-order valence-electron chi connectivity index (χ1n) is 11.8. The molecule has 4 atom stereocenters. The first-order chi connectivity index (χ1) is 17.9. The number of hydrogen-bond acceptors (Lipinski definition) is 6. The average Bonchev–Trinajstić information content (AvgIpc) is 3.16. The zero-order valence-corrected chi connectivity index (χ0v) is 19.8. The minimum atomic E-state index is -4.61. The number of imide groups is 1. The topological polar surface area (TPSA) is 90.0 Å². The average molecular weight is 529 g/mol. The van der Waals surface area contributed by atoms with Crippen LogP contribution in [0.15, 0.2) is 54.1 Å². The van der Waals surface area contributed by atoms with Gasteiger partial charge in [-0.2, -0.15) is 13.2 Å². The van der Waals surface area contributed by atoms with Gasteiger partial charge in [0, 0.05) is 11.0 Å². The van der Waals surface area contributed by atoms with E-state index in [9.17, 15) is 36.7 Å². The van der Waals surface area contributed by atoms with Crippen molar-refractivity contribution in [1.82, 2.24) is 0 Å². The predicted octanol–water partition coefficient (Wildman–Crippen LogP) is 4.25. The van der Waals surface area contributed by atoms with Gasteiger partial charge in [0.15, 0.2) is 5.78 Å². The molecule has 3 aliphatic carbocycles. The van der Waals surface area contributed by atoms with Crippen molar-refractivity contribution in [1.29, 1.82) is 0 Å². The molecule has 1 spiro atoms. The summed E-state index contributed by atoms with van der Waals surface area (Å²) in [6.07, 6.45) is -3.12. The Morgan fingerprint density at radius 2 is 1.74 bits per heavy atom. The minimum absolute atomic E-state index is 0.0458. The SMILES string of the molecule is COC(=O)C[C@]12C=C3C(=O)c4cc(F)ccc4O[C@@]3(CC1)[C@H]1C(=O)N(c3ccc(C(F)(F)F)cc3)C(=O)[C@H]12. The van der Waals surface area contributed by atoms with Crippen LogP contribution >= 0.6 is 0 Å². The molecule has 2 aromatic carbocycles. The maximum absolute atomic E-state index is 14.0. The summed E-state index contributed by atoms with van der Waals surface area (Å²) in [5, 5.41) is 0. The number of amides is 2. The van der Waals surface area contributed by atoms with E-state index >= 15 is 0 Å². The molecule has 11 heteroatoms. The van der Waals surface area contributed by atoms with Gasteiger partial charge in [-0.05, 0) is 55.3 Å². The Labute approximate surface area is 213 Å². The van der Waals surface area contributed by atoms with Crippen LogP contribution in [-0.2, 0) is 25.3 Å². The Balaban J connectivity index is 1.51. The molecule has 1 saturated carbocycles. The van der Waals surface area contributed by atoms with E-state index in [2.05, 4.69) is 0 Å². The summed E-state index contributed by atoms with van der Waals surface area (Å²) in [7, 11) is 1.17. The lowest BCUT2D eigenvalue weighted by Crippen LogP contribution is -2.64. The van der Waals surface area contributed by atoms with E-state index in [1.54, 1.807) is 0 Å². The molecule has 0 N–H and O–H groups in total. The van der Waals surface area contributed by atoms with E-state index in [1.165, 1.54) is 19.3 Å². The maximum Gasteiger partial charge on any atom is 0.416 e.